The maximum absolute atomic E-state index is 11.5. The van der Waals surface area contributed by atoms with E-state index < -0.39 is 33.4 Å². The van der Waals surface area contributed by atoms with Crippen LogP contribution in [-0.4, -0.2) is 57.9 Å². The third kappa shape index (κ3) is 5.11. The smallest absolute Gasteiger partial charge is 0.309 e. The van der Waals surface area contributed by atoms with E-state index in [0.717, 1.165) is 0 Å². The minimum atomic E-state index is -3.57. The zero-order valence-electron chi connectivity index (χ0n) is 9.89. The molecule has 0 aliphatic rings. The fraction of sp³-hybridized carbons (Fsp3) is 0.778. The standard InChI is InChI=1S/C9H17NO5S/c1-7(9(12)15-4)5-16(13,14)6-8(11)10(2)3/h7H,5-6H2,1-4H3. The summed E-state index contributed by atoms with van der Waals surface area (Å²) in [5, 5.41) is 0. The number of carbonyl (C=O) groups is 2. The van der Waals surface area contributed by atoms with Crippen molar-refractivity contribution in [3.05, 3.63) is 0 Å². The quantitative estimate of drug-likeness (QED) is 0.603. The van der Waals surface area contributed by atoms with E-state index in [9.17, 15) is 18.0 Å². The average Bonchev–Trinajstić information content (AvgIpc) is 2.14. The topological polar surface area (TPSA) is 80.8 Å². The van der Waals surface area contributed by atoms with E-state index in [1.807, 2.05) is 0 Å². The van der Waals surface area contributed by atoms with Crippen LogP contribution in [0.1, 0.15) is 6.92 Å². The molecule has 0 rings (SSSR count). The maximum Gasteiger partial charge on any atom is 0.309 e. The fourth-order valence-electron chi connectivity index (χ4n) is 1.03. The average molecular weight is 251 g/mol. The van der Waals surface area contributed by atoms with Crippen molar-refractivity contribution in [2.75, 3.05) is 32.7 Å². The van der Waals surface area contributed by atoms with Crippen LogP contribution in [0.2, 0.25) is 0 Å². The van der Waals surface area contributed by atoms with E-state index in [1.54, 1.807) is 0 Å². The third-order valence-corrected chi connectivity index (χ3v) is 3.64. The Balaban J connectivity index is 4.48. The molecule has 6 nitrogen and oxygen atoms in total. The lowest BCUT2D eigenvalue weighted by Gasteiger charge is -2.12. The second kappa shape index (κ2) is 5.83. The third-order valence-electron chi connectivity index (χ3n) is 1.95. The minimum Gasteiger partial charge on any atom is -0.469 e. The van der Waals surface area contributed by atoms with Crippen LogP contribution in [0.5, 0.6) is 0 Å². The molecule has 0 radical (unpaired) electrons. The van der Waals surface area contributed by atoms with Crippen molar-refractivity contribution in [2.45, 2.75) is 6.92 Å². The highest BCUT2D eigenvalue weighted by Crippen LogP contribution is 2.04. The second-order valence-corrected chi connectivity index (χ2v) is 5.88. The van der Waals surface area contributed by atoms with Crippen LogP contribution in [0, 0.1) is 5.92 Å². The van der Waals surface area contributed by atoms with Crippen molar-refractivity contribution in [1.29, 1.82) is 0 Å². The lowest BCUT2D eigenvalue weighted by atomic mass is 10.2. The first-order chi connectivity index (χ1) is 7.19. The summed E-state index contributed by atoms with van der Waals surface area (Å²) in [6, 6.07) is 0. The molecule has 0 aromatic carbocycles. The van der Waals surface area contributed by atoms with Gasteiger partial charge in [0.25, 0.3) is 0 Å². The molecule has 0 aromatic rings. The van der Waals surface area contributed by atoms with Crippen molar-refractivity contribution in [2.24, 2.45) is 5.92 Å². The molecule has 0 fully saturated rings. The van der Waals surface area contributed by atoms with Gasteiger partial charge in [-0.25, -0.2) is 8.42 Å². The molecule has 1 unspecified atom stereocenters. The molecular formula is C9H17NO5S. The van der Waals surface area contributed by atoms with Crippen molar-refractivity contribution in [3.8, 4) is 0 Å². The molecule has 0 heterocycles. The summed E-state index contributed by atoms with van der Waals surface area (Å²) in [4.78, 5) is 23.4. The number of hydrogen-bond acceptors (Lipinski definition) is 5. The molecule has 0 aliphatic carbocycles. The van der Waals surface area contributed by atoms with Crippen molar-refractivity contribution in [1.82, 2.24) is 4.90 Å². The van der Waals surface area contributed by atoms with Crippen molar-refractivity contribution >= 4 is 21.7 Å². The Morgan fingerprint density at radius 3 is 2.19 bits per heavy atom. The second-order valence-electron chi connectivity index (χ2n) is 3.77. The lowest BCUT2D eigenvalue weighted by molar-refractivity contribution is -0.144. The van der Waals surface area contributed by atoms with Gasteiger partial charge in [0.1, 0.15) is 5.75 Å². The SMILES string of the molecule is COC(=O)C(C)CS(=O)(=O)CC(=O)N(C)C. The Morgan fingerprint density at radius 1 is 1.31 bits per heavy atom. The number of esters is 1. The molecule has 1 atom stereocenters. The number of ether oxygens (including phenoxy) is 1. The van der Waals surface area contributed by atoms with E-state index in [0.29, 0.717) is 0 Å². The zero-order chi connectivity index (χ0) is 12.9. The first-order valence-corrected chi connectivity index (χ1v) is 6.50. The van der Waals surface area contributed by atoms with Crippen LogP contribution in [0.3, 0.4) is 0 Å². The molecule has 16 heavy (non-hydrogen) atoms. The summed E-state index contributed by atoms with van der Waals surface area (Å²) in [7, 11) is 0.566. The van der Waals surface area contributed by atoms with Crippen LogP contribution in [0.4, 0.5) is 0 Å². The molecule has 0 N–H and O–H groups in total. The maximum atomic E-state index is 11.5. The van der Waals surface area contributed by atoms with Gasteiger partial charge in [-0.15, -0.1) is 0 Å². The molecule has 0 saturated heterocycles. The molecule has 7 heteroatoms. The highest BCUT2D eigenvalue weighted by molar-refractivity contribution is 7.92. The number of amides is 1. The molecule has 0 aromatic heterocycles. The van der Waals surface area contributed by atoms with E-state index in [1.165, 1.54) is 33.0 Å². The van der Waals surface area contributed by atoms with E-state index in [2.05, 4.69) is 4.74 Å². The Kier molecular flexibility index (Phi) is 5.43. The van der Waals surface area contributed by atoms with Gasteiger partial charge in [0, 0.05) is 14.1 Å². The van der Waals surface area contributed by atoms with Gasteiger partial charge in [-0.05, 0) is 0 Å². The monoisotopic (exact) mass is 251 g/mol. The molecule has 1 amide bonds. The number of carbonyl (C=O) groups excluding carboxylic acids is 2. The molecule has 0 aliphatic heterocycles. The Bertz CT molecular complexity index is 360. The van der Waals surface area contributed by atoms with Gasteiger partial charge >= 0.3 is 5.97 Å². The molecule has 0 saturated carbocycles. The van der Waals surface area contributed by atoms with Gasteiger partial charge in [-0.3, -0.25) is 9.59 Å². The lowest BCUT2D eigenvalue weighted by Crippen LogP contribution is -2.33. The van der Waals surface area contributed by atoms with E-state index >= 15 is 0 Å². The molecule has 0 bridgehead atoms. The molecule has 0 spiro atoms. The normalized spacial score (nSPS) is 13.0. The molecular weight excluding hydrogens is 234 g/mol. The van der Waals surface area contributed by atoms with Gasteiger partial charge < -0.3 is 9.64 Å². The Labute approximate surface area is 95.5 Å². The summed E-state index contributed by atoms with van der Waals surface area (Å²) < 4.78 is 27.5. The van der Waals surface area contributed by atoms with Crippen LogP contribution < -0.4 is 0 Å². The van der Waals surface area contributed by atoms with Crippen LogP contribution >= 0.6 is 0 Å². The Morgan fingerprint density at radius 2 is 1.81 bits per heavy atom. The van der Waals surface area contributed by atoms with Gasteiger partial charge in [-0.1, -0.05) is 6.92 Å². The van der Waals surface area contributed by atoms with Gasteiger partial charge in [0.05, 0.1) is 18.8 Å². The van der Waals surface area contributed by atoms with Gasteiger partial charge in [0.15, 0.2) is 9.84 Å². The summed E-state index contributed by atoms with van der Waals surface area (Å²) in [5.41, 5.74) is 0. The minimum absolute atomic E-state index is 0.376. The van der Waals surface area contributed by atoms with Crippen LogP contribution in [-0.2, 0) is 24.2 Å². The summed E-state index contributed by atoms with van der Waals surface area (Å²) in [5.74, 6) is -2.82. The van der Waals surface area contributed by atoms with Crippen LogP contribution in [0.15, 0.2) is 0 Å². The first-order valence-electron chi connectivity index (χ1n) is 4.68. The molecule has 94 valence electrons. The van der Waals surface area contributed by atoms with E-state index in [4.69, 9.17) is 0 Å². The number of methoxy groups -OCH3 is 1. The Hall–Kier alpha value is -1.11. The van der Waals surface area contributed by atoms with Crippen molar-refractivity contribution < 1.29 is 22.7 Å². The zero-order valence-corrected chi connectivity index (χ0v) is 10.7. The predicted molar refractivity (Wildman–Crippen MR) is 58.5 cm³/mol. The number of nitrogens with zero attached hydrogens (tertiary/aromatic N) is 1. The summed E-state index contributed by atoms with van der Waals surface area (Å²) >= 11 is 0. The highest BCUT2D eigenvalue weighted by atomic mass is 32.2. The predicted octanol–water partition coefficient (Wildman–Crippen LogP) is -0.701. The van der Waals surface area contributed by atoms with Crippen LogP contribution in [0.25, 0.3) is 0 Å². The van der Waals surface area contributed by atoms with Gasteiger partial charge in [-0.2, -0.15) is 0 Å². The number of hydrogen-bond donors (Lipinski definition) is 0. The first kappa shape index (κ1) is 14.9. The number of rotatable bonds is 5. The van der Waals surface area contributed by atoms with Crippen molar-refractivity contribution in [3.63, 3.8) is 0 Å². The largest absolute Gasteiger partial charge is 0.469 e. The van der Waals surface area contributed by atoms with E-state index in [-0.39, 0.29) is 5.75 Å². The summed E-state index contributed by atoms with van der Waals surface area (Å²) in [6.07, 6.45) is 0. The number of sulfone groups is 1. The van der Waals surface area contributed by atoms with Gasteiger partial charge in [0.2, 0.25) is 5.91 Å². The highest BCUT2D eigenvalue weighted by Gasteiger charge is 2.25. The summed E-state index contributed by atoms with van der Waals surface area (Å²) in [6.45, 7) is 1.45. The fourth-order valence-corrected chi connectivity index (χ4v) is 2.68.